The normalized spacial score (nSPS) is 20.8. The van der Waals surface area contributed by atoms with Crippen LogP contribution in [-0.2, 0) is 12.8 Å². The minimum absolute atomic E-state index is 0.182. The van der Waals surface area contributed by atoms with E-state index in [1.165, 1.54) is 112 Å². The molecule has 0 radical (unpaired) electrons. The van der Waals surface area contributed by atoms with Crippen LogP contribution in [0.2, 0.25) is 0 Å². The van der Waals surface area contributed by atoms with Crippen molar-refractivity contribution >= 4 is 12.2 Å². The fourth-order valence-electron chi connectivity index (χ4n) is 10.8. The van der Waals surface area contributed by atoms with Gasteiger partial charge in [-0.2, -0.15) is 0 Å². The third-order valence-electron chi connectivity index (χ3n) is 14.1. The van der Waals surface area contributed by atoms with Gasteiger partial charge in [-0.1, -0.05) is 99.9 Å². The van der Waals surface area contributed by atoms with Crippen molar-refractivity contribution in [3.63, 3.8) is 0 Å². The quantitative estimate of drug-likeness (QED) is 0.104. The van der Waals surface area contributed by atoms with Crippen molar-refractivity contribution in [2.24, 2.45) is 23.7 Å². The van der Waals surface area contributed by atoms with Gasteiger partial charge in [0.2, 0.25) is 0 Å². The van der Waals surface area contributed by atoms with Crippen molar-refractivity contribution in [2.75, 3.05) is 0 Å². The van der Waals surface area contributed by atoms with Gasteiger partial charge in [0.15, 0.2) is 0 Å². The van der Waals surface area contributed by atoms with Gasteiger partial charge < -0.3 is 9.47 Å². The van der Waals surface area contributed by atoms with E-state index >= 15 is 8.78 Å². The Morgan fingerprint density at radius 1 is 0.485 bits per heavy atom. The maximum Gasteiger partial charge on any atom is 0.573 e. The summed E-state index contributed by atoms with van der Waals surface area (Å²) in [4.78, 5) is 0. The molecule has 2 saturated carbocycles. The zero-order valence-electron chi connectivity index (χ0n) is 37.6. The molecule has 0 atom stereocenters. The summed E-state index contributed by atoms with van der Waals surface area (Å²) in [5, 5.41) is 0. The van der Waals surface area contributed by atoms with Gasteiger partial charge in [0.1, 0.15) is 34.8 Å². The predicted molar refractivity (Wildman–Crippen MR) is 239 cm³/mol. The molecular formula is C54H58F10O2. The van der Waals surface area contributed by atoms with Crippen molar-refractivity contribution in [1.82, 2.24) is 0 Å². The van der Waals surface area contributed by atoms with Crippen LogP contribution >= 0.6 is 0 Å². The molecule has 0 bridgehead atoms. The minimum atomic E-state index is -4.82. The molecular weight excluding hydrogens is 871 g/mol. The molecule has 0 unspecified atom stereocenters. The highest BCUT2D eigenvalue weighted by atomic mass is 19.4. The van der Waals surface area contributed by atoms with Crippen LogP contribution in [0.25, 0.3) is 34.4 Å². The number of alkyl halides is 6. The number of halogens is 10. The first kappa shape index (κ1) is 49.2. The summed E-state index contributed by atoms with van der Waals surface area (Å²) in [6.45, 7) is 4.44. The van der Waals surface area contributed by atoms with Crippen molar-refractivity contribution in [3.8, 4) is 33.8 Å². The molecule has 2 fully saturated rings. The number of hydrogen-bond acceptors (Lipinski definition) is 2. The highest BCUT2D eigenvalue weighted by Crippen LogP contribution is 2.44. The van der Waals surface area contributed by atoms with Crippen LogP contribution in [-0.4, -0.2) is 12.7 Å². The third kappa shape index (κ3) is 12.4. The van der Waals surface area contributed by atoms with Gasteiger partial charge >= 0.3 is 12.7 Å². The highest BCUT2D eigenvalue weighted by molar-refractivity contribution is 5.73. The Hall–Kier alpha value is -4.74. The van der Waals surface area contributed by atoms with Crippen LogP contribution in [0.3, 0.4) is 0 Å². The molecule has 12 heteroatoms. The molecule has 66 heavy (non-hydrogen) atoms. The lowest BCUT2D eigenvalue weighted by atomic mass is 9.74. The first-order valence-corrected chi connectivity index (χ1v) is 23.6. The van der Waals surface area contributed by atoms with E-state index in [4.69, 9.17) is 0 Å². The minimum Gasteiger partial charge on any atom is -0.406 e. The Bertz CT molecular complexity index is 2330. The lowest BCUT2D eigenvalue weighted by Crippen LogP contribution is -2.18. The number of unbranched alkanes of at least 4 members (excludes halogenated alkanes) is 2. The second kappa shape index (κ2) is 21.5. The van der Waals surface area contributed by atoms with Gasteiger partial charge in [-0.25, -0.2) is 17.6 Å². The first-order valence-electron chi connectivity index (χ1n) is 23.6. The van der Waals surface area contributed by atoms with Crippen LogP contribution in [0.5, 0.6) is 11.5 Å². The van der Waals surface area contributed by atoms with E-state index in [9.17, 15) is 35.1 Å². The zero-order valence-corrected chi connectivity index (χ0v) is 37.6. The SMILES string of the molecule is CCCC1CCC(C2=Cc3cc(F)c(-c4ccc(OC(F)(F)F)cc4)c(F)c3CC2)CC1.CCCCCC1CCC(C2=Cc3cc(F)c(-c4ccc(OC(F)(F)F)cc4)c(F)c3CC2)CC1. The van der Waals surface area contributed by atoms with Crippen molar-refractivity contribution < 1.29 is 53.4 Å². The number of ether oxygens (including phenoxy) is 2. The molecule has 4 aromatic carbocycles. The number of benzene rings is 4. The molecule has 4 aliphatic rings. The molecule has 0 aliphatic heterocycles. The molecule has 8 rings (SSSR count). The standard InChI is InChI=1S/C28H31F5O.C26H27F5O/c1-2-3-4-5-18-6-8-19(9-7-18)21-12-15-24-22(16-21)17-25(29)26(27(24)30)20-10-13-23(14-11-20)34-28(31,32)33;1-2-3-16-4-6-17(7-5-16)19-10-13-22-20(14-19)15-23(27)24(25(22)28)18-8-11-21(12-9-18)32-26(29,30)31/h10-11,13-14,16-19H,2-9,12,15H2,1H3;8-9,11-12,14-17H,2-7,10,13H2,1H3. The molecule has 0 aromatic heterocycles. The monoisotopic (exact) mass is 928 g/mol. The van der Waals surface area contributed by atoms with E-state index in [1.807, 2.05) is 12.2 Å². The van der Waals surface area contributed by atoms with Crippen LogP contribution in [0, 0.1) is 46.9 Å². The molecule has 0 heterocycles. The Morgan fingerprint density at radius 2 is 0.879 bits per heavy atom. The lowest BCUT2D eigenvalue weighted by Gasteiger charge is -2.32. The fraction of sp³-hybridized carbons (Fsp3) is 0.481. The summed E-state index contributed by atoms with van der Waals surface area (Å²) in [5.41, 5.74) is 4.64. The largest absolute Gasteiger partial charge is 0.573 e. The molecule has 0 N–H and O–H groups in total. The van der Waals surface area contributed by atoms with Crippen LogP contribution < -0.4 is 9.47 Å². The summed E-state index contributed by atoms with van der Waals surface area (Å²) >= 11 is 0. The lowest BCUT2D eigenvalue weighted by molar-refractivity contribution is -0.275. The summed E-state index contributed by atoms with van der Waals surface area (Å²) in [6.07, 6.45) is 13.9. The van der Waals surface area contributed by atoms with Crippen molar-refractivity contribution in [3.05, 3.63) is 117 Å². The number of rotatable bonds is 12. The Morgan fingerprint density at radius 3 is 1.24 bits per heavy atom. The molecule has 0 saturated heterocycles. The summed E-state index contributed by atoms with van der Waals surface area (Å²) < 4.78 is 142. The maximum atomic E-state index is 15.4. The van der Waals surface area contributed by atoms with E-state index < -0.39 is 47.5 Å². The topological polar surface area (TPSA) is 18.5 Å². The molecule has 4 aliphatic carbocycles. The first-order chi connectivity index (χ1) is 31.5. The van der Waals surface area contributed by atoms with E-state index in [1.54, 1.807) is 0 Å². The number of allylic oxidation sites excluding steroid dienone is 2. The average Bonchev–Trinajstić information content (AvgIpc) is 3.27. The summed E-state index contributed by atoms with van der Waals surface area (Å²) in [6, 6.07) is 12.0. The van der Waals surface area contributed by atoms with Gasteiger partial charge in [0, 0.05) is 0 Å². The maximum absolute atomic E-state index is 15.4. The third-order valence-corrected chi connectivity index (χ3v) is 14.1. The van der Waals surface area contributed by atoms with Gasteiger partial charge in [-0.05, 0) is 171 Å². The van der Waals surface area contributed by atoms with Gasteiger partial charge in [0.05, 0.1) is 11.1 Å². The van der Waals surface area contributed by atoms with E-state index in [2.05, 4.69) is 23.3 Å². The molecule has 0 spiro atoms. The Labute approximate surface area is 381 Å². The van der Waals surface area contributed by atoms with Gasteiger partial charge in [-0.3, -0.25) is 0 Å². The second-order valence-corrected chi connectivity index (χ2v) is 18.5. The number of hydrogen-bond donors (Lipinski definition) is 0. The van der Waals surface area contributed by atoms with E-state index in [-0.39, 0.29) is 22.3 Å². The smallest absolute Gasteiger partial charge is 0.406 e. The molecule has 356 valence electrons. The van der Waals surface area contributed by atoms with Crippen molar-refractivity contribution in [2.45, 2.75) is 142 Å². The van der Waals surface area contributed by atoms with E-state index in [0.29, 0.717) is 46.9 Å². The van der Waals surface area contributed by atoms with Crippen LogP contribution in [0.1, 0.15) is 139 Å². The Kier molecular flexibility index (Phi) is 16.0. The van der Waals surface area contributed by atoms with Gasteiger partial charge in [0.25, 0.3) is 0 Å². The summed E-state index contributed by atoms with van der Waals surface area (Å²) in [5.74, 6) is -0.953. The van der Waals surface area contributed by atoms with Crippen molar-refractivity contribution in [1.29, 1.82) is 0 Å². The average molecular weight is 929 g/mol. The molecule has 4 aromatic rings. The van der Waals surface area contributed by atoms with Crippen LogP contribution in [0.15, 0.2) is 71.8 Å². The van der Waals surface area contributed by atoms with Crippen LogP contribution in [0.4, 0.5) is 43.9 Å². The molecule has 2 nitrogen and oxygen atoms in total. The molecule has 0 amide bonds. The fourth-order valence-corrected chi connectivity index (χ4v) is 10.8. The Balaban J connectivity index is 0.000000197. The second-order valence-electron chi connectivity index (χ2n) is 18.5. The predicted octanol–water partition coefficient (Wildman–Crippen LogP) is 17.7. The summed E-state index contributed by atoms with van der Waals surface area (Å²) in [7, 11) is 0. The van der Waals surface area contributed by atoms with E-state index in [0.717, 1.165) is 74.6 Å². The zero-order chi connectivity index (χ0) is 47.2. The van der Waals surface area contributed by atoms with Gasteiger partial charge in [-0.15, -0.1) is 26.3 Å². The number of fused-ring (bicyclic) bond motifs is 2. The highest BCUT2D eigenvalue weighted by Gasteiger charge is 2.33.